The van der Waals surface area contributed by atoms with Gasteiger partial charge in [0.15, 0.2) is 10.9 Å². The standard InChI is InChI=1S/C32H27ClN2O5S2/c1-20-5-11-24(12-6-20)34-32-35(25-13-7-21(2)8-14-25)31(36)29(41-32)19-23-17-27(33)30(28(18-23)39-4)40-42(37,38)26-15-9-22(3)10-16-26/h5-19H,1-4H3/b29-19-,34-32?. The van der Waals surface area contributed by atoms with E-state index >= 15 is 0 Å². The zero-order valence-electron chi connectivity index (χ0n) is 23.3. The lowest BCUT2D eigenvalue weighted by atomic mass is 10.1. The molecule has 0 N–H and O–H groups in total. The molecule has 4 aromatic rings. The number of rotatable bonds is 7. The van der Waals surface area contributed by atoms with Crippen LogP contribution in [-0.2, 0) is 14.9 Å². The third-order valence-electron chi connectivity index (χ3n) is 6.41. The largest absolute Gasteiger partial charge is 0.493 e. The summed E-state index contributed by atoms with van der Waals surface area (Å²) in [6, 6.07) is 24.7. The van der Waals surface area contributed by atoms with Crippen molar-refractivity contribution in [1.29, 1.82) is 0 Å². The summed E-state index contributed by atoms with van der Waals surface area (Å²) in [6.07, 6.45) is 1.67. The number of anilines is 1. The maximum absolute atomic E-state index is 13.7. The van der Waals surface area contributed by atoms with Gasteiger partial charge in [0.25, 0.3) is 5.91 Å². The molecule has 0 saturated carbocycles. The van der Waals surface area contributed by atoms with Crippen molar-refractivity contribution >= 4 is 62.0 Å². The Morgan fingerprint density at radius 2 is 1.43 bits per heavy atom. The minimum absolute atomic E-state index is 0.0104. The van der Waals surface area contributed by atoms with Crippen molar-refractivity contribution in [2.45, 2.75) is 25.7 Å². The fraction of sp³-hybridized carbons (Fsp3) is 0.125. The van der Waals surface area contributed by atoms with Crippen LogP contribution in [0.15, 0.2) is 99.7 Å². The monoisotopic (exact) mass is 618 g/mol. The second-order valence-corrected chi connectivity index (χ2v) is 12.7. The number of nitrogens with zero attached hydrogens (tertiary/aromatic N) is 2. The highest BCUT2D eigenvalue weighted by molar-refractivity contribution is 8.19. The van der Waals surface area contributed by atoms with E-state index in [1.54, 1.807) is 29.2 Å². The van der Waals surface area contributed by atoms with Crippen LogP contribution in [0.1, 0.15) is 22.3 Å². The van der Waals surface area contributed by atoms with Gasteiger partial charge in [-0.05, 0) is 92.7 Å². The molecule has 0 radical (unpaired) electrons. The van der Waals surface area contributed by atoms with E-state index in [1.165, 1.54) is 37.1 Å². The first kappa shape index (κ1) is 29.4. The van der Waals surface area contributed by atoms with Crippen LogP contribution < -0.4 is 13.8 Å². The maximum Gasteiger partial charge on any atom is 0.339 e. The number of carbonyl (C=O) groups excluding carboxylic acids is 1. The Morgan fingerprint density at radius 1 is 0.857 bits per heavy atom. The van der Waals surface area contributed by atoms with Crippen molar-refractivity contribution in [2.24, 2.45) is 4.99 Å². The molecule has 1 aliphatic heterocycles. The molecule has 0 bridgehead atoms. The molecule has 1 saturated heterocycles. The van der Waals surface area contributed by atoms with Gasteiger partial charge in [0.1, 0.15) is 4.90 Å². The first-order chi connectivity index (χ1) is 20.0. The van der Waals surface area contributed by atoms with Crippen molar-refractivity contribution < 1.29 is 22.1 Å². The van der Waals surface area contributed by atoms with Crippen LogP contribution in [0.2, 0.25) is 5.02 Å². The van der Waals surface area contributed by atoms with E-state index in [0.29, 0.717) is 21.3 Å². The van der Waals surface area contributed by atoms with Crippen LogP contribution in [0.5, 0.6) is 11.5 Å². The van der Waals surface area contributed by atoms with E-state index < -0.39 is 10.1 Å². The highest BCUT2D eigenvalue weighted by atomic mass is 35.5. The van der Waals surface area contributed by atoms with Gasteiger partial charge in [0, 0.05) is 0 Å². The molecule has 5 rings (SSSR count). The first-order valence-corrected chi connectivity index (χ1v) is 15.5. The van der Waals surface area contributed by atoms with Crippen molar-refractivity contribution in [3.8, 4) is 11.5 Å². The lowest BCUT2D eigenvalue weighted by Gasteiger charge is -2.16. The van der Waals surface area contributed by atoms with Gasteiger partial charge < -0.3 is 8.92 Å². The van der Waals surface area contributed by atoms with Gasteiger partial charge in [-0.2, -0.15) is 8.42 Å². The molecule has 42 heavy (non-hydrogen) atoms. The minimum Gasteiger partial charge on any atom is -0.493 e. The third kappa shape index (κ3) is 6.38. The number of methoxy groups -OCH3 is 1. The average Bonchev–Trinajstić information content (AvgIpc) is 3.25. The zero-order valence-corrected chi connectivity index (χ0v) is 25.7. The predicted octanol–water partition coefficient (Wildman–Crippen LogP) is 7.85. The summed E-state index contributed by atoms with van der Waals surface area (Å²) in [7, 11) is -2.79. The third-order valence-corrected chi connectivity index (χ3v) is 8.89. The number of carbonyl (C=O) groups is 1. The number of aryl methyl sites for hydroxylation is 3. The van der Waals surface area contributed by atoms with Crippen molar-refractivity contribution in [3.05, 3.63) is 117 Å². The number of amides is 1. The van der Waals surface area contributed by atoms with Crippen LogP contribution in [0.4, 0.5) is 11.4 Å². The molecule has 0 aliphatic carbocycles. The SMILES string of the molecule is COc1cc(/C=C2\SC(=Nc3ccc(C)cc3)N(c3ccc(C)cc3)C2=O)cc(Cl)c1OS(=O)(=O)c1ccc(C)cc1. The Hall–Kier alpha value is -4.05. The summed E-state index contributed by atoms with van der Waals surface area (Å²) >= 11 is 7.75. The van der Waals surface area contributed by atoms with Gasteiger partial charge in [-0.25, -0.2) is 4.99 Å². The topological polar surface area (TPSA) is 85.3 Å². The number of benzene rings is 4. The van der Waals surface area contributed by atoms with Crippen LogP contribution >= 0.6 is 23.4 Å². The number of aliphatic imine (C=N–C) groups is 1. The Morgan fingerprint density at radius 3 is 2.02 bits per heavy atom. The van der Waals surface area contributed by atoms with Crippen LogP contribution in [0.25, 0.3) is 6.08 Å². The number of hydrogen-bond donors (Lipinski definition) is 0. The van der Waals surface area contributed by atoms with Gasteiger partial charge >= 0.3 is 10.1 Å². The molecule has 0 atom stereocenters. The molecule has 10 heteroatoms. The number of amidine groups is 1. The van der Waals surface area contributed by atoms with Crippen LogP contribution in [-0.4, -0.2) is 26.6 Å². The molecule has 7 nitrogen and oxygen atoms in total. The van der Waals surface area contributed by atoms with Crippen LogP contribution in [0, 0.1) is 20.8 Å². The summed E-state index contributed by atoms with van der Waals surface area (Å²) in [4.78, 5) is 20.4. The Balaban J connectivity index is 1.51. The van der Waals surface area contributed by atoms with E-state index in [0.717, 1.165) is 22.4 Å². The summed E-state index contributed by atoms with van der Waals surface area (Å²) in [6.45, 7) is 5.83. The van der Waals surface area contributed by atoms with Gasteiger partial charge in [-0.1, -0.05) is 64.7 Å². The van der Waals surface area contributed by atoms with Gasteiger partial charge in [-0.15, -0.1) is 0 Å². The van der Waals surface area contributed by atoms with Gasteiger partial charge in [0.05, 0.1) is 28.4 Å². The normalized spacial score (nSPS) is 15.5. The molecule has 1 amide bonds. The van der Waals surface area contributed by atoms with Crippen molar-refractivity contribution in [2.75, 3.05) is 12.0 Å². The molecular weight excluding hydrogens is 592 g/mol. The van der Waals surface area contributed by atoms with E-state index in [-0.39, 0.29) is 27.3 Å². The molecule has 0 aromatic heterocycles. The fourth-order valence-corrected chi connectivity index (χ4v) is 6.38. The molecule has 4 aromatic carbocycles. The maximum atomic E-state index is 13.7. The Kier molecular flexibility index (Phi) is 8.45. The predicted molar refractivity (Wildman–Crippen MR) is 170 cm³/mol. The summed E-state index contributed by atoms with van der Waals surface area (Å²) < 4.78 is 36.7. The smallest absolute Gasteiger partial charge is 0.339 e. The molecule has 214 valence electrons. The van der Waals surface area contributed by atoms with Gasteiger partial charge in [-0.3, -0.25) is 9.69 Å². The quantitative estimate of drug-likeness (QED) is 0.155. The van der Waals surface area contributed by atoms with Crippen molar-refractivity contribution in [1.82, 2.24) is 0 Å². The average molecular weight is 619 g/mol. The molecule has 0 unspecified atom stereocenters. The van der Waals surface area contributed by atoms with Crippen molar-refractivity contribution in [3.63, 3.8) is 0 Å². The highest BCUT2D eigenvalue weighted by Crippen LogP contribution is 2.41. The molecule has 1 fully saturated rings. The Bertz CT molecular complexity index is 1820. The lowest BCUT2D eigenvalue weighted by Crippen LogP contribution is -2.28. The van der Waals surface area contributed by atoms with E-state index in [9.17, 15) is 13.2 Å². The first-order valence-electron chi connectivity index (χ1n) is 12.9. The second-order valence-electron chi connectivity index (χ2n) is 9.70. The fourth-order valence-electron chi connectivity index (χ4n) is 4.12. The number of ether oxygens (including phenoxy) is 1. The summed E-state index contributed by atoms with van der Waals surface area (Å²) in [5, 5.41) is 0.512. The number of thioether (sulfide) groups is 1. The number of hydrogen-bond acceptors (Lipinski definition) is 7. The number of halogens is 1. The molecule has 0 spiro atoms. The van der Waals surface area contributed by atoms with E-state index in [2.05, 4.69) is 0 Å². The summed E-state index contributed by atoms with van der Waals surface area (Å²) in [5.41, 5.74) is 5.01. The molecule has 1 aliphatic rings. The highest BCUT2D eigenvalue weighted by Gasteiger charge is 2.35. The molecular formula is C32H27ClN2O5S2. The Labute approximate surface area is 254 Å². The van der Waals surface area contributed by atoms with Crippen LogP contribution in [0.3, 0.4) is 0 Å². The zero-order chi connectivity index (χ0) is 30.0. The second kappa shape index (κ2) is 12.1. The van der Waals surface area contributed by atoms with E-state index in [4.69, 9.17) is 25.5 Å². The summed E-state index contributed by atoms with van der Waals surface area (Å²) in [5.74, 6) is -0.299. The minimum atomic E-state index is -4.17. The molecule has 1 heterocycles. The van der Waals surface area contributed by atoms with E-state index in [1.807, 2.05) is 69.3 Å². The lowest BCUT2D eigenvalue weighted by molar-refractivity contribution is -0.113. The van der Waals surface area contributed by atoms with Gasteiger partial charge in [0.2, 0.25) is 5.75 Å².